The zero-order valence-electron chi connectivity index (χ0n) is 32.9. The highest BCUT2D eigenvalue weighted by Crippen LogP contribution is 2.28. The molecule has 1 fully saturated rings. The van der Waals surface area contributed by atoms with E-state index in [-0.39, 0.29) is 32.3 Å². The Morgan fingerprint density at radius 2 is 1.30 bits per heavy atom. The van der Waals surface area contributed by atoms with E-state index < -0.39 is 54.2 Å². The third-order valence-corrected chi connectivity index (χ3v) is 10.0. The second kappa shape index (κ2) is 21.4. The summed E-state index contributed by atoms with van der Waals surface area (Å²) in [5, 5.41) is 22.9. The van der Waals surface area contributed by atoms with E-state index in [0.717, 1.165) is 54.9 Å². The van der Waals surface area contributed by atoms with Crippen molar-refractivity contribution in [3.8, 4) is 0 Å². The zero-order chi connectivity index (χ0) is 39.9. The van der Waals surface area contributed by atoms with Crippen LogP contribution in [0.15, 0.2) is 109 Å². The number of carbonyl (C=O) groups excluding carboxylic acids is 1. The molecule has 0 saturated heterocycles. The molecule has 4 aromatic rings. The van der Waals surface area contributed by atoms with Gasteiger partial charge in [-0.3, -0.25) is 9.80 Å². The van der Waals surface area contributed by atoms with Crippen LogP contribution < -0.4 is 0 Å². The molecule has 1 saturated carbocycles. The van der Waals surface area contributed by atoms with Crippen LogP contribution in [0.5, 0.6) is 0 Å². The van der Waals surface area contributed by atoms with Crippen LogP contribution in [0.4, 0.5) is 13.6 Å². The lowest BCUT2D eigenvalue weighted by Gasteiger charge is -2.44. The predicted molar refractivity (Wildman–Crippen MR) is 214 cm³/mol. The first-order valence-corrected chi connectivity index (χ1v) is 19.8. The first kappa shape index (κ1) is 42.9. The lowest BCUT2D eigenvalue weighted by molar-refractivity contribution is -0.0997. The minimum Gasteiger partial charge on any atom is -0.444 e. The molecule has 4 aromatic carbocycles. The smallest absolute Gasteiger partial charge is 0.410 e. The zero-order valence-corrected chi connectivity index (χ0v) is 32.9. The van der Waals surface area contributed by atoms with Crippen LogP contribution >= 0.6 is 0 Å². The van der Waals surface area contributed by atoms with Crippen LogP contribution in [-0.2, 0) is 40.3 Å². The van der Waals surface area contributed by atoms with Gasteiger partial charge >= 0.3 is 6.09 Å². The van der Waals surface area contributed by atoms with Gasteiger partial charge in [0.1, 0.15) is 17.2 Å². The Bertz CT molecular complexity index is 1680. The summed E-state index contributed by atoms with van der Waals surface area (Å²) in [6, 6.07) is 31.0. The largest absolute Gasteiger partial charge is 0.444 e. The van der Waals surface area contributed by atoms with Gasteiger partial charge in [0.25, 0.3) is 0 Å². The number of benzene rings is 4. The van der Waals surface area contributed by atoms with Gasteiger partial charge in [-0.25, -0.2) is 13.6 Å². The average Bonchev–Trinajstić information content (AvgIpc) is 3.17. The van der Waals surface area contributed by atoms with Crippen molar-refractivity contribution in [2.45, 2.75) is 115 Å². The molecule has 0 bridgehead atoms. The summed E-state index contributed by atoms with van der Waals surface area (Å²) in [6.45, 7) is 5.42. The number of carbonyl (C=O) groups is 1. The molecule has 0 aromatic heterocycles. The number of aliphatic hydroxyl groups is 2. The summed E-state index contributed by atoms with van der Waals surface area (Å²) >= 11 is 0. The van der Waals surface area contributed by atoms with Crippen LogP contribution in [-0.4, -0.2) is 81.9 Å². The summed E-state index contributed by atoms with van der Waals surface area (Å²) in [5.41, 5.74) is 2.31. The lowest BCUT2D eigenvalue weighted by atomic mass is 9.92. The molecule has 5 rings (SSSR count). The Hall–Kier alpha value is -4.19. The molecule has 10 heteroatoms. The number of amides is 1. The van der Waals surface area contributed by atoms with Crippen LogP contribution in [0.25, 0.3) is 0 Å². The minimum absolute atomic E-state index is 0.00219. The standard InChI is InChI=1S/C46H58F2N2O6/c1-46(2,3)56-45(53)50(30-40(52)33-54-41-22-14-7-15-23-41)43(31-51)44(55-32-36-20-12-6-13-21-36)42(26-37-24-38(47)27-39(48)25-37)49(28-34-16-8-4-9-17-34)29-35-18-10-5-11-19-35/h4-6,8-13,16-21,24-25,27,40-44,51-52H,7,14-15,22-23,26,28-33H2,1-3H3/t40-,42+,43-,44+/m1/s1. The fourth-order valence-electron chi connectivity index (χ4n) is 7.40. The van der Waals surface area contributed by atoms with E-state index >= 15 is 0 Å². The second-order valence-electron chi connectivity index (χ2n) is 15.8. The van der Waals surface area contributed by atoms with Crippen molar-refractivity contribution in [3.05, 3.63) is 143 Å². The van der Waals surface area contributed by atoms with Crippen molar-refractivity contribution < 1.29 is 38.0 Å². The van der Waals surface area contributed by atoms with Crippen LogP contribution in [0, 0.1) is 11.6 Å². The fraction of sp³-hybridized carbons (Fsp3) is 0.457. The predicted octanol–water partition coefficient (Wildman–Crippen LogP) is 8.47. The number of aliphatic hydroxyl groups excluding tert-OH is 2. The van der Waals surface area contributed by atoms with Crippen molar-refractivity contribution in [3.63, 3.8) is 0 Å². The molecule has 8 nitrogen and oxygen atoms in total. The molecule has 1 amide bonds. The Morgan fingerprint density at radius 1 is 0.768 bits per heavy atom. The van der Waals surface area contributed by atoms with Crippen molar-refractivity contribution in [1.29, 1.82) is 0 Å². The van der Waals surface area contributed by atoms with Gasteiger partial charge in [0.2, 0.25) is 0 Å². The fourth-order valence-corrected chi connectivity index (χ4v) is 7.40. The van der Waals surface area contributed by atoms with Gasteiger partial charge in [0.05, 0.1) is 50.7 Å². The van der Waals surface area contributed by atoms with Crippen molar-refractivity contribution in [2.24, 2.45) is 0 Å². The number of hydrogen-bond donors (Lipinski definition) is 2. The number of rotatable bonds is 19. The number of halogens is 2. The van der Waals surface area contributed by atoms with Crippen molar-refractivity contribution in [1.82, 2.24) is 9.80 Å². The first-order valence-electron chi connectivity index (χ1n) is 19.8. The maximum Gasteiger partial charge on any atom is 0.410 e. The topological polar surface area (TPSA) is 91.7 Å². The highest BCUT2D eigenvalue weighted by molar-refractivity contribution is 5.68. The van der Waals surface area contributed by atoms with Gasteiger partial charge in [-0.05, 0) is 74.4 Å². The highest BCUT2D eigenvalue weighted by Gasteiger charge is 2.41. The van der Waals surface area contributed by atoms with E-state index in [9.17, 15) is 23.8 Å². The molecule has 4 atom stereocenters. The third kappa shape index (κ3) is 13.8. The summed E-state index contributed by atoms with van der Waals surface area (Å²) in [5.74, 6) is -1.43. The quantitative estimate of drug-likeness (QED) is 0.0989. The minimum atomic E-state index is -1.10. The van der Waals surface area contributed by atoms with Crippen LogP contribution in [0.2, 0.25) is 0 Å². The highest BCUT2D eigenvalue weighted by atomic mass is 19.1. The maximum absolute atomic E-state index is 14.9. The monoisotopic (exact) mass is 772 g/mol. The molecular weight excluding hydrogens is 715 g/mol. The molecule has 0 aliphatic heterocycles. The summed E-state index contributed by atoms with van der Waals surface area (Å²) < 4.78 is 48.7. The molecule has 0 unspecified atom stereocenters. The Balaban J connectivity index is 1.61. The van der Waals surface area contributed by atoms with E-state index in [1.807, 2.05) is 91.0 Å². The molecule has 0 spiro atoms. The third-order valence-electron chi connectivity index (χ3n) is 10.0. The second-order valence-corrected chi connectivity index (χ2v) is 15.8. The summed E-state index contributed by atoms with van der Waals surface area (Å²) in [7, 11) is 0. The van der Waals surface area contributed by atoms with Gasteiger partial charge in [0.15, 0.2) is 0 Å². The van der Waals surface area contributed by atoms with E-state index in [0.29, 0.717) is 18.7 Å². The van der Waals surface area contributed by atoms with E-state index in [2.05, 4.69) is 4.90 Å². The lowest BCUT2D eigenvalue weighted by Crippen LogP contribution is -2.60. The average molecular weight is 773 g/mol. The van der Waals surface area contributed by atoms with Gasteiger partial charge in [-0.1, -0.05) is 110 Å². The number of hydrogen-bond acceptors (Lipinski definition) is 7. The SMILES string of the molecule is CC(C)(C)OC(=O)N(C[C@@H](O)COC1CCCCC1)[C@H](CO)[C@@H](OCc1ccccc1)[C@H](Cc1cc(F)cc(F)c1)N(Cc1ccccc1)Cc1ccccc1. The van der Waals surface area contributed by atoms with Gasteiger partial charge in [-0.2, -0.15) is 0 Å². The molecule has 302 valence electrons. The van der Waals surface area contributed by atoms with E-state index in [4.69, 9.17) is 14.2 Å². The van der Waals surface area contributed by atoms with Gasteiger partial charge in [0, 0.05) is 25.2 Å². The summed E-state index contributed by atoms with van der Waals surface area (Å²) in [6.07, 6.45) is 2.43. The molecule has 1 aliphatic rings. The normalized spacial score (nSPS) is 15.9. The van der Waals surface area contributed by atoms with E-state index in [1.165, 1.54) is 17.0 Å². The van der Waals surface area contributed by atoms with Crippen molar-refractivity contribution in [2.75, 3.05) is 19.8 Å². The van der Waals surface area contributed by atoms with Crippen LogP contribution in [0.1, 0.15) is 75.1 Å². The van der Waals surface area contributed by atoms with Crippen molar-refractivity contribution >= 4 is 6.09 Å². The van der Waals surface area contributed by atoms with Gasteiger partial charge in [-0.15, -0.1) is 0 Å². The maximum atomic E-state index is 14.9. The Labute approximate surface area is 331 Å². The summed E-state index contributed by atoms with van der Waals surface area (Å²) in [4.78, 5) is 17.8. The number of nitrogens with zero attached hydrogens (tertiary/aromatic N) is 2. The molecule has 0 radical (unpaired) electrons. The first-order chi connectivity index (χ1) is 27.0. The molecular formula is C46H58F2N2O6. The van der Waals surface area contributed by atoms with Crippen LogP contribution in [0.3, 0.4) is 0 Å². The Morgan fingerprint density at radius 3 is 1.82 bits per heavy atom. The molecule has 56 heavy (non-hydrogen) atoms. The van der Waals surface area contributed by atoms with Gasteiger partial charge < -0.3 is 24.4 Å². The molecule has 0 heterocycles. The Kier molecular flexibility index (Phi) is 16.4. The number of ether oxygens (including phenoxy) is 3. The molecule has 2 N–H and O–H groups in total. The molecule has 1 aliphatic carbocycles. The van der Waals surface area contributed by atoms with E-state index in [1.54, 1.807) is 20.8 Å².